The Hall–Kier alpha value is -0.720. The first-order valence-corrected chi connectivity index (χ1v) is 7.53. The van der Waals surface area contributed by atoms with E-state index in [-0.39, 0.29) is 0 Å². The van der Waals surface area contributed by atoms with E-state index in [4.69, 9.17) is 17.0 Å². The topological polar surface area (TPSA) is 50.1 Å². The molecule has 0 aromatic heterocycles. The van der Waals surface area contributed by atoms with Crippen molar-refractivity contribution in [2.45, 2.75) is 27.2 Å². The van der Waals surface area contributed by atoms with Crippen LogP contribution < -0.4 is 15.6 Å². The molecule has 1 aliphatic heterocycles. The van der Waals surface area contributed by atoms with Crippen LogP contribution >= 0.6 is 12.2 Å². The van der Waals surface area contributed by atoms with Gasteiger partial charge in [0.1, 0.15) is 13.1 Å². The standard InChI is InChI=1S/C13H26N4OS/c1-4-11(2)12(3)15-16-13(19)14-5-6-17-7-9-18-10-8-17/h11H,4-10H2,1-3H3,(H2,14,16,19)/p+1/b15-12-/t11-/m0/s1. The minimum atomic E-state index is 0.494. The lowest BCUT2D eigenvalue weighted by Gasteiger charge is -2.23. The van der Waals surface area contributed by atoms with Crippen LogP contribution in [0.2, 0.25) is 0 Å². The number of hydrogen-bond donors (Lipinski definition) is 3. The van der Waals surface area contributed by atoms with Gasteiger partial charge in [-0.25, -0.2) is 0 Å². The molecule has 6 heteroatoms. The Balaban J connectivity index is 2.13. The van der Waals surface area contributed by atoms with Crippen molar-refractivity contribution in [2.24, 2.45) is 11.0 Å². The summed E-state index contributed by atoms with van der Waals surface area (Å²) in [5.74, 6) is 0.494. The number of thiocarbonyl (C=S) groups is 1. The zero-order valence-corrected chi connectivity index (χ0v) is 13.1. The van der Waals surface area contributed by atoms with Crippen LogP contribution in [-0.4, -0.2) is 50.2 Å². The van der Waals surface area contributed by atoms with Gasteiger partial charge in [-0.1, -0.05) is 13.8 Å². The van der Waals surface area contributed by atoms with Crippen molar-refractivity contribution in [3.63, 3.8) is 0 Å². The first-order valence-electron chi connectivity index (χ1n) is 7.12. The van der Waals surface area contributed by atoms with Crippen molar-refractivity contribution in [1.82, 2.24) is 10.7 Å². The van der Waals surface area contributed by atoms with E-state index < -0.39 is 0 Å². The largest absolute Gasteiger partial charge is 0.370 e. The van der Waals surface area contributed by atoms with Gasteiger partial charge in [0.05, 0.1) is 26.3 Å². The van der Waals surface area contributed by atoms with E-state index >= 15 is 0 Å². The summed E-state index contributed by atoms with van der Waals surface area (Å²) in [4.78, 5) is 1.57. The molecule has 0 saturated carbocycles. The van der Waals surface area contributed by atoms with Crippen LogP contribution in [0.5, 0.6) is 0 Å². The highest BCUT2D eigenvalue weighted by molar-refractivity contribution is 7.80. The van der Waals surface area contributed by atoms with Crippen LogP contribution in [0.25, 0.3) is 0 Å². The van der Waals surface area contributed by atoms with E-state index in [1.165, 1.54) is 0 Å². The Morgan fingerprint density at radius 3 is 2.74 bits per heavy atom. The van der Waals surface area contributed by atoms with Crippen molar-refractivity contribution in [3.8, 4) is 0 Å². The Kier molecular flexibility index (Phi) is 7.93. The summed E-state index contributed by atoms with van der Waals surface area (Å²) in [7, 11) is 0. The molecule has 0 unspecified atom stereocenters. The molecule has 0 radical (unpaired) electrons. The van der Waals surface area contributed by atoms with Gasteiger partial charge in [-0.2, -0.15) is 5.10 Å². The molecule has 0 aliphatic carbocycles. The second-order valence-corrected chi connectivity index (χ2v) is 5.45. The number of hydrogen-bond acceptors (Lipinski definition) is 3. The molecule has 1 rings (SSSR count). The van der Waals surface area contributed by atoms with Gasteiger partial charge in [-0.05, 0) is 31.5 Å². The monoisotopic (exact) mass is 287 g/mol. The predicted molar refractivity (Wildman–Crippen MR) is 82.7 cm³/mol. The molecule has 5 nitrogen and oxygen atoms in total. The lowest BCUT2D eigenvalue weighted by atomic mass is 10.1. The van der Waals surface area contributed by atoms with E-state index in [0.717, 1.165) is 51.5 Å². The minimum Gasteiger partial charge on any atom is -0.370 e. The molecule has 1 atom stereocenters. The zero-order chi connectivity index (χ0) is 14.1. The van der Waals surface area contributed by atoms with Gasteiger partial charge in [0, 0.05) is 5.71 Å². The van der Waals surface area contributed by atoms with Crippen molar-refractivity contribution in [3.05, 3.63) is 0 Å². The molecule has 19 heavy (non-hydrogen) atoms. The van der Waals surface area contributed by atoms with E-state index in [2.05, 4.69) is 29.7 Å². The molecular weight excluding hydrogens is 260 g/mol. The molecule has 1 saturated heterocycles. The van der Waals surface area contributed by atoms with Crippen LogP contribution in [0.1, 0.15) is 27.2 Å². The van der Waals surface area contributed by atoms with Gasteiger partial charge < -0.3 is 15.0 Å². The fourth-order valence-electron chi connectivity index (χ4n) is 1.85. The van der Waals surface area contributed by atoms with E-state index in [9.17, 15) is 0 Å². The van der Waals surface area contributed by atoms with Gasteiger partial charge in [0.2, 0.25) is 0 Å². The first kappa shape index (κ1) is 16.3. The van der Waals surface area contributed by atoms with Gasteiger partial charge in [-0.3, -0.25) is 5.43 Å². The van der Waals surface area contributed by atoms with Crippen LogP contribution in [0.3, 0.4) is 0 Å². The summed E-state index contributed by atoms with van der Waals surface area (Å²) in [6.07, 6.45) is 1.09. The molecule has 0 spiro atoms. The fourth-order valence-corrected chi connectivity index (χ4v) is 1.99. The average molecular weight is 287 g/mol. The number of rotatable bonds is 6. The number of nitrogens with zero attached hydrogens (tertiary/aromatic N) is 1. The van der Waals surface area contributed by atoms with Gasteiger partial charge in [0.25, 0.3) is 0 Å². The smallest absolute Gasteiger partial charge is 0.187 e. The number of hydrazone groups is 1. The zero-order valence-electron chi connectivity index (χ0n) is 12.3. The lowest BCUT2D eigenvalue weighted by molar-refractivity contribution is -0.906. The lowest BCUT2D eigenvalue weighted by Crippen LogP contribution is -3.14. The highest BCUT2D eigenvalue weighted by Gasteiger charge is 2.12. The number of ether oxygens (including phenoxy) is 1. The third-order valence-corrected chi connectivity index (χ3v) is 3.86. The molecule has 110 valence electrons. The van der Waals surface area contributed by atoms with E-state index in [0.29, 0.717) is 11.0 Å². The number of nitrogens with one attached hydrogen (secondary N) is 3. The van der Waals surface area contributed by atoms with E-state index in [1.54, 1.807) is 4.90 Å². The average Bonchev–Trinajstić information content (AvgIpc) is 2.45. The molecule has 1 heterocycles. The van der Waals surface area contributed by atoms with Crippen LogP contribution in [-0.2, 0) is 4.74 Å². The van der Waals surface area contributed by atoms with Crippen molar-refractivity contribution in [1.29, 1.82) is 0 Å². The second kappa shape index (κ2) is 9.23. The molecule has 3 N–H and O–H groups in total. The molecule has 0 amide bonds. The molecule has 0 aromatic rings. The third kappa shape index (κ3) is 6.84. The summed E-state index contributed by atoms with van der Waals surface area (Å²) in [6, 6.07) is 0. The maximum atomic E-state index is 5.33. The molecule has 0 bridgehead atoms. The molecule has 1 aliphatic rings. The van der Waals surface area contributed by atoms with Crippen molar-refractivity contribution < 1.29 is 9.64 Å². The Labute approximate surface area is 121 Å². The van der Waals surface area contributed by atoms with E-state index in [1.807, 2.05) is 6.92 Å². The maximum absolute atomic E-state index is 5.33. The second-order valence-electron chi connectivity index (χ2n) is 5.04. The van der Waals surface area contributed by atoms with Crippen molar-refractivity contribution in [2.75, 3.05) is 39.4 Å². The van der Waals surface area contributed by atoms with Crippen LogP contribution in [0.4, 0.5) is 0 Å². The summed E-state index contributed by atoms with van der Waals surface area (Å²) in [5, 5.41) is 8.10. The Morgan fingerprint density at radius 2 is 2.11 bits per heavy atom. The summed E-state index contributed by atoms with van der Waals surface area (Å²) < 4.78 is 5.33. The highest BCUT2D eigenvalue weighted by atomic mass is 32.1. The van der Waals surface area contributed by atoms with Crippen LogP contribution in [0.15, 0.2) is 5.10 Å². The van der Waals surface area contributed by atoms with Gasteiger partial charge in [0.15, 0.2) is 5.11 Å². The molecule has 0 aromatic carbocycles. The summed E-state index contributed by atoms with van der Waals surface area (Å²) in [5.41, 5.74) is 4.00. The first-order chi connectivity index (χ1) is 9.13. The number of quaternary nitrogens is 1. The van der Waals surface area contributed by atoms with Gasteiger partial charge in [-0.15, -0.1) is 0 Å². The minimum absolute atomic E-state index is 0.494. The summed E-state index contributed by atoms with van der Waals surface area (Å²) in [6.45, 7) is 12.2. The van der Waals surface area contributed by atoms with Gasteiger partial charge >= 0.3 is 0 Å². The Bertz CT molecular complexity index is 303. The SMILES string of the molecule is CC[C@H](C)/C(C)=N\NC(=S)NCC[NH+]1CCOCC1. The maximum Gasteiger partial charge on any atom is 0.187 e. The normalized spacial score (nSPS) is 19.0. The number of morpholine rings is 1. The summed E-state index contributed by atoms with van der Waals surface area (Å²) >= 11 is 5.20. The van der Waals surface area contributed by atoms with Crippen LogP contribution in [0, 0.1) is 5.92 Å². The fraction of sp³-hybridized carbons (Fsp3) is 0.846. The Morgan fingerprint density at radius 1 is 1.42 bits per heavy atom. The highest BCUT2D eigenvalue weighted by Crippen LogP contribution is 2.02. The third-order valence-electron chi connectivity index (χ3n) is 3.62. The quantitative estimate of drug-likeness (QED) is 0.359. The predicted octanol–water partition coefficient (Wildman–Crippen LogP) is -0.212. The molecular formula is C13H27N4OS+. The molecule has 1 fully saturated rings. The van der Waals surface area contributed by atoms with Crippen molar-refractivity contribution >= 4 is 23.0 Å².